The Hall–Kier alpha value is -2.88. The molecule has 28 heavy (non-hydrogen) atoms. The first-order valence-corrected chi connectivity index (χ1v) is 8.90. The summed E-state index contributed by atoms with van der Waals surface area (Å²) in [5.41, 5.74) is 12.5. The van der Waals surface area contributed by atoms with Crippen molar-refractivity contribution in [3.8, 4) is 5.69 Å². The van der Waals surface area contributed by atoms with Crippen LogP contribution in [0.3, 0.4) is 0 Å². The Bertz CT molecular complexity index is 1060. The smallest absolute Gasteiger partial charge is 0.383 e. The van der Waals surface area contributed by atoms with Crippen LogP contribution in [0.25, 0.3) is 16.6 Å². The highest BCUT2D eigenvalue weighted by Crippen LogP contribution is 2.36. The lowest BCUT2D eigenvalue weighted by molar-refractivity contribution is -0.142. The van der Waals surface area contributed by atoms with Gasteiger partial charge in [0.2, 0.25) is 5.95 Å². The van der Waals surface area contributed by atoms with E-state index in [1.807, 2.05) is 13.8 Å². The molecule has 4 N–H and O–H groups in total. The number of hydrogen-bond acceptors (Lipinski definition) is 6. The molecule has 7 nitrogen and oxygen atoms in total. The van der Waals surface area contributed by atoms with Crippen LogP contribution in [0.2, 0.25) is 0 Å². The van der Waals surface area contributed by atoms with Crippen LogP contribution in [-0.4, -0.2) is 37.2 Å². The van der Waals surface area contributed by atoms with Gasteiger partial charge in [-0.3, -0.25) is 4.90 Å². The number of fused-ring (bicyclic) bond motifs is 2. The van der Waals surface area contributed by atoms with Crippen molar-refractivity contribution in [1.82, 2.24) is 24.6 Å². The van der Waals surface area contributed by atoms with Gasteiger partial charge in [-0.2, -0.15) is 23.3 Å². The highest BCUT2D eigenvalue weighted by molar-refractivity contribution is 5.90. The van der Waals surface area contributed by atoms with Crippen LogP contribution in [0.5, 0.6) is 0 Å². The minimum atomic E-state index is -4.51. The largest absolute Gasteiger partial charge is 0.435 e. The van der Waals surface area contributed by atoms with Crippen molar-refractivity contribution < 1.29 is 13.2 Å². The molecule has 1 aliphatic rings. The van der Waals surface area contributed by atoms with Crippen LogP contribution in [0, 0.1) is 0 Å². The number of nitrogen functional groups attached to an aromatic ring is 2. The molecule has 0 atom stereocenters. The van der Waals surface area contributed by atoms with Crippen LogP contribution >= 0.6 is 0 Å². The van der Waals surface area contributed by atoms with E-state index in [1.165, 1.54) is 4.68 Å². The fourth-order valence-electron chi connectivity index (χ4n) is 3.61. The highest BCUT2D eigenvalue weighted by atomic mass is 19.4. The number of hydrogen-bond donors (Lipinski definition) is 2. The van der Waals surface area contributed by atoms with E-state index < -0.39 is 11.9 Å². The van der Waals surface area contributed by atoms with Gasteiger partial charge in [0.25, 0.3) is 0 Å². The predicted molar refractivity (Wildman–Crippen MR) is 99.7 cm³/mol. The second kappa shape index (κ2) is 6.33. The Morgan fingerprint density at radius 1 is 1.14 bits per heavy atom. The predicted octanol–water partition coefficient (Wildman–Crippen LogP) is 2.77. The maximum Gasteiger partial charge on any atom is 0.435 e. The van der Waals surface area contributed by atoms with Gasteiger partial charge in [0.15, 0.2) is 5.69 Å². The van der Waals surface area contributed by atoms with E-state index in [0.29, 0.717) is 41.8 Å². The summed E-state index contributed by atoms with van der Waals surface area (Å²) in [6, 6.07) is 5.18. The molecule has 0 spiro atoms. The van der Waals surface area contributed by atoms with Gasteiger partial charge >= 0.3 is 6.18 Å². The molecule has 1 aliphatic heterocycles. The molecular weight excluding hydrogens is 371 g/mol. The van der Waals surface area contributed by atoms with Crippen molar-refractivity contribution >= 4 is 22.7 Å². The third-order valence-electron chi connectivity index (χ3n) is 5.06. The minimum Gasteiger partial charge on any atom is -0.383 e. The van der Waals surface area contributed by atoms with Gasteiger partial charge in [-0.05, 0) is 38.5 Å². The Morgan fingerprint density at radius 3 is 2.57 bits per heavy atom. The first kappa shape index (κ1) is 18.5. The van der Waals surface area contributed by atoms with E-state index in [2.05, 4.69) is 20.0 Å². The number of benzene rings is 1. The topological polar surface area (TPSA) is 98.9 Å². The summed E-state index contributed by atoms with van der Waals surface area (Å²) >= 11 is 0. The molecule has 0 fully saturated rings. The van der Waals surface area contributed by atoms with Gasteiger partial charge in [-0.25, -0.2) is 9.67 Å². The molecule has 1 aromatic carbocycles. The van der Waals surface area contributed by atoms with Crippen LogP contribution in [0.15, 0.2) is 18.2 Å². The number of nitrogens with zero attached hydrogens (tertiary/aromatic N) is 5. The van der Waals surface area contributed by atoms with E-state index in [-0.39, 0.29) is 23.4 Å². The molecular formula is C18H20F3N7. The second-order valence-electron chi connectivity index (χ2n) is 7.17. The second-order valence-corrected chi connectivity index (χ2v) is 7.17. The van der Waals surface area contributed by atoms with E-state index in [9.17, 15) is 13.2 Å². The van der Waals surface area contributed by atoms with Gasteiger partial charge in [0.05, 0.1) is 16.9 Å². The molecule has 0 unspecified atom stereocenters. The third kappa shape index (κ3) is 3.03. The summed E-state index contributed by atoms with van der Waals surface area (Å²) in [5, 5.41) is 4.45. The van der Waals surface area contributed by atoms with Crippen molar-refractivity contribution in [3.05, 3.63) is 35.2 Å². The minimum absolute atomic E-state index is 0.0427. The molecule has 10 heteroatoms. The van der Waals surface area contributed by atoms with Crippen molar-refractivity contribution in [2.45, 2.75) is 39.0 Å². The molecule has 4 rings (SSSR count). The van der Waals surface area contributed by atoms with Crippen molar-refractivity contribution in [3.63, 3.8) is 0 Å². The lowest BCUT2D eigenvalue weighted by Gasteiger charge is -2.31. The Labute approximate surface area is 159 Å². The SMILES string of the molecule is CC(C)N1CCc2c(C(F)(F)F)nn(-c3ccc4nc(N)nc(N)c4c3)c2C1. The summed E-state index contributed by atoms with van der Waals surface area (Å²) in [6.45, 7) is 5.00. The summed E-state index contributed by atoms with van der Waals surface area (Å²) in [7, 11) is 0. The van der Waals surface area contributed by atoms with E-state index in [1.54, 1.807) is 18.2 Å². The molecule has 0 aliphatic carbocycles. The van der Waals surface area contributed by atoms with Gasteiger partial charge in [-0.15, -0.1) is 0 Å². The molecule has 0 radical (unpaired) electrons. The highest BCUT2D eigenvalue weighted by Gasteiger charge is 2.40. The van der Waals surface area contributed by atoms with Crippen LogP contribution in [0.4, 0.5) is 24.9 Å². The molecule has 2 aromatic heterocycles. The van der Waals surface area contributed by atoms with Gasteiger partial charge in [0, 0.05) is 30.1 Å². The zero-order chi connectivity index (χ0) is 20.2. The number of aromatic nitrogens is 4. The van der Waals surface area contributed by atoms with E-state index >= 15 is 0 Å². The first-order valence-electron chi connectivity index (χ1n) is 8.90. The molecule has 0 bridgehead atoms. The number of rotatable bonds is 2. The third-order valence-corrected chi connectivity index (χ3v) is 5.06. The van der Waals surface area contributed by atoms with Crippen molar-refractivity contribution in [2.24, 2.45) is 0 Å². The fourth-order valence-corrected chi connectivity index (χ4v) is 3.61. The lowest BCUT2D eigenvalue weighted by atomic mass is 10.0. The van der Waals surface area contributed by atoms with Gasteiger partial charge in [0.1, 0.15) is 5.82 Å². The fraction of sp³-hybridized carbons (Fsp3) is 0.389. The number of alkyl halides is 3. The number of nitrogens with two attached hydrogens (primary N) is 2. The molecule has 0 saturated carbocycles. The monoisotopic (exact) mass is 391 g/mol. The van der Waals surface area contributed by atoms with E-state index in [0.717, 1.165) is 0 Å². The van der Waals surface area contributed by atoms with Gasteiger partial charge < -0.3 is 11.5 Å². The standard InChI is InChI=1S/C18H20F3N7/c1-9(2)27-6-5-11-14(8-27)28(26-15(11)18(19,20)21)10-3-4-13-12(7-10)16(22)25-17(23)24-13/h3-4,7,9H,5-6,8H2,1-2H3,(H4,22,23,24,25). The number of halogens is 3. The quantitative estimate of drug-likeness (QED) is 0.697. The zero-order valence-corrected chi connectivity index (χ0v) is 15.5. The van der Waals surface area contributed by atoms with E-state index in [4.69, 9.17) is 11.5 Å². The Balaban J connectivity index is 1.90. The molecule has 0 saturated heterocycles. The maximum absolute atomic E-state index is 13.6. The molecule has 3 heterocycles. The van der Waals surface area contributed by atoms with Gasteiger partial charge in [-0.1, -0.05) is 0 Å². The summed E-state index contributed by atoms with van der Waals surface area (Å²) in [5.74, 6) is 0.214. The average molecular weight is 391 g/mol. The Kier molecular flexibility index (Phi) is 4.18. The molecule has 148 valence electrons. The molecule has 3 aromatic rings. The van der Waals surface area contributed by atoms with Crippen LogP contribution in [-0.2, 0) is 19.1 Å². The van der Waals surface area contributed by atoms with Crippen LogP contribution in [0.1, 0.15) is 30.8 Å². The maximum atomic E-state index is 13.6. The summed E-state index contributed by atoms with van der Waals surface area (Å²) in [4.78, 5) is 10.2. The average Bonchev–Trinajstić information content (AvgIpc) is 3.00. The van der Waals surface area contributed by atoms with Crippen molar-refractivity contribution in [1.29, 1.82) is 0 Å². The Morgan fingerprint density at radius 2 is 1.89 bits per heavy atom. The summed E-state index contributed by atoms with van der Waals surface area (Å²) in [6.07, 6.45) is -4.21. The first-order chi connectivity index (χ1) is 13.1. The van der Waals surface area contributed by atoms with Crippen molar-refractivity contribution in [2.75, 3.05) is 18.0 Å². The summed E-state index contributed by atoms with van der Waals surface area (Å²) < 4.78 is 42.1. The number of anilines is 2. The van der Waals surface area contributed by atoms with Crippen LogP contribution < -0.4 is 11.5 Å². The normalized spacial score (nSPS) is 15.4. The molecule has 0 amide bonds. The lowest BCUT2D eigenvalue weighted by Crippen LogP contribution is -2.36. The zero-order valence-electron chi connectivity index (χ0n) is 15.5.